The molecule has 0 spiro atoms. The summed E-state index contributed by atoms with van der Waals surface area (Å²) < 4.78 is 0.835. The van der Waals surface area contributed by atoms with Crippen LogP contribution in [0, 0.1) is 5.21 Å². The number of quaternary nitrogens is 2. The number of aliphatic hydroxyl groups is 1. The molecule has 196 valence electrons. The summed E-state index contributed by atoms with van der Waals surface area (Å²) >= 11 is 0. The fraction of sp³-hybridized carbons (Fsp3) is 1.00. The third kappa shape index (κ3) is 32.0. The highest BCUT2D eigenvalue weighted by Gasteiger charge is 2.12. The van der Waals surface area contributed by atoms with Crippen molar-refractivity contribution in [3.63, 3.8) is 0 Å². The highest BCUT2D eigenvalue weighted by molar-refractivity contribution is 4.49. The van der Waals surface area contributed by atoms with Gasteiger partial charge in [0.05, 0.1) is 47.9 Å². The molecule has 0 aliphatic rings. The standard InChI is InChI=1S/C18H40NO.C10H23NO/c1-4-5-6-7-8-9-10-11-12-13-14-15-16-19(2,3)17-18-20;1-4-5-6-7-8-9-10-11(2,3)12/h20H,4-18H2,1-3H3;4-10H2,1-3H3/q+1;. The average Bonchev–Trinajstić information content (AvgIpc) is 2.71. The minimum absolute atomic E-state index is 0.131. The molecular weight excluding hydrogens is 396 g/mol. The van der Waals surface area contributed by atoms with Crippen molar-refractivity contribution >= 4 is 0 Å². The number of aliphatic hydroxyl groups excluding tert-OH is 1. The van der Waals surface area contributed by atoms with Crippen LogP contribution in [-0.2, 0) is 0 Å². The van der Waals surface area contributed by atoms with Gasteiger partial charge < -0.3 is 19.4 Å². The molecule has 0 aliphatic carbocycles. The number of hydroxylamine groups is 3. The molecule has 0 aromatic carbocycles. The van der Waals surface area contributed by atoms with Gasteiger partial charge >= 0.3 is 0 Å². The van der Waals surface area contributed by atoms with E-state index < -0.39 is 0 Å². The lowest BCUT2D eigenvalue weighted by Gasteiger charge is -2.33. The maximum absolute atomic E-state index is 11.1. The van der Waals surface area contributed by atoms with E-state index in [1.807, 2.05) is 0 Å². The van der Waals surface area contributed by atoms with Crippen molar-refractivity contribution in [3.8, 4) is 0 Å². The third-order valence-electron chi connectivity index (χ3n) is 6.37. The Kier molecular flexibility index (Phi) is 25.5. The summed E-state index contributed by atoms with van der Waals surface area (Å²) in [5.74, 6) is 0. The number of rotatable bonds is 22. The summed E-state index contributed by atoms with van der Waals surface area (Å²) in [5.41, 5.74) is 0. The van der Waals surface area contributed by atoms with Gasteiger partial charge in [-0.25, -0.2) is 0 Å². The van der Waals surface area contributed by atoms with Crippen LogP contribution >= 0.6 is 0 Å². The second-order valence-electron chi connectivity index (χ2n) is 11.1. The summed E-state index contributed by atoms with van der Waals surface area (Å²) in [5, 5.41) is 20.1. The van der Waals surface area contributed by atoms with E-state index in [2.05, 4.69) is 27.9 Å². The Morgan fingerprint density at radius 3 is 1.09 bits per heavy atom. The monoisotopic (exact) mass is 459 g/mol. The van der Waals surface area contributed by atoms with Crippen LogP contribution in [0.3, 0.4) is 0 Å². The maximum atomic E-state index is 11.1. The molecule has 4 nitrogen and oxygen atoms in total. The Morgan fingerprint density at radius 1 is 0.469 bits per heavy atom. The molecule has 0 amide bonds. The van der Waals surface area contributed by atoms with E-state index in [-0.39, 0.29) is 4.65 Å². The molecule has 32 heavy (non-hydrogen) atoms. The second kappa shape index (κ2) is 24.0. The smallest absolute Gasteiger partial charge is 0.102 e. The molecular formula is C28H63N2O2+. The van der Waals surface area contributed by atoms with Crippen LogP contribution < -0.4 is 0 Å². The van der Waals surface area contributed by atoms with Gasteiger partial charge in [-0.1, -0.05) is 104 Å². The zero-order valence-electron chi connectivity index (χ0n) is 23.3. The van der Waals surface area contributed by atoms with Crippen molar-refractivity contribution in [2.45, 2.75) is 129 Å². The van der Waals surface area contributed by atoms with Crippen LogP contribution in [0.25, 0.3) is 0 Å². The van der Waals surface area contributed by atoms with Crippen molar-refractivity contribution in [2.75, 3.05) is 54.4 Å². The largest absolute Gasteiger partial charge is 0.633 e. The van der Waals surface area contributed by atoms with E-state index in [1.165, 1.54) is 116 Å². The van der Waals surface area contributed by atoms with Crippen molar-refractivity contribution in [1.82, 2.24) is 0 Å². The minimum atomic E-state index is -0.131. The molecule has 1 N–H and O–H groups in total. The average molecular weight is 460 g/mol. The normalized spacial score (nSPS) is 12.0. The molecule has 0 unspecified atom stereocenters. The first kappa shape index (κ1) is 34.0. The molecule has 0 rings (SSSR count). The molecule has 0 atom stereocenters. The summed E-state index contributed by atoms with van der Waals surface area (Å²) in [4.78, 5) is 0. The topological polar surface area (TPSA) is 43.3 Å². The van der Waals surface area contributed by atoms with Crippen LogP contribution in [0.4, 0.5) is 0 Å². The van der Waals surface area contributed by atoms with Crippen LogP contribution in [-0.4, -0.2) is 68.7 Å². The van der Waals surface area contributed by atoms with Crippen molar-refractivity contribution in [2.24, 2.45) is 0 Å². The number of hydrogen-bond donors (Lipinski definition) is 1. The molecule has 0 saturated heterocycles. The highest BCUT2D eigenvalue weighted by atomic mass is 16.5. The fourth-order valence-electron chi connectivity index (χ4n) is 4.04. The highest BCUT2D eigenvalue weighted by Crippen LogP contribution is 2.12. The lowest BCUT2D eigenvalue weighted by atomic mass is 10.1. The lowest BCUT2D eigenvalue weighted by Crippen LogP contribution is -2.42. The zero-order valence-corrected chi connectivity index (χ0v) is 23.3. The van der Waals surface area contributed by atoms with Gasteiger partial charge in [-0.15, -0.1) is 0 Å². The molecule has 0 aliphatic heterocycles. The molecule has 0 aromatic rings. The van der Waals surface area contributed by atoms with Gasteiger partial charge in [-0.05, 0) is 25.7 Å². The summed E-state index contributed by atoms with van der Waals surface area (Å²) in [6, 6.07) is 0. The van der Waals surface area contributed by atoms with Crippen LogP contribution in [0.2, 0.25) is 0 Å². The molecule has 0 saturated carbocycles. The Morgan fingerprint density at radius 2 is 0.781 bits per heavy atom. The van der Waals surface area contributed by atoms with E-state index in [0.717, 1.165) is 24.0 Å². The van der Waals surface area contributed by atoms with Crippen LogP contribution in [0.15, 0.2) is 0 Å². The van der Waals surface area contributed by atoms with Crippen molar-refractivity contribution in [1.29, 1.82) is 0 Å². The van der Waals surface area contributed by atoms with E-state index >= 15 is 0 Å². The summed E-state index contributed by atoms with van der Waals surface area (Å²) in [6.45, 7) is 7.68. The van der Waals surface area contributed by atoms with Crippen molar-refractivity contribution < 1.29 is 14.2 Å². The zero-order chi connectivity index (χ0) is 24.6. The predicted molar refractivity (Wildman–Crippen MR) is 144 cm³/mol. The number of unbranched alkanes of at least 4 members (excludes halogenated alkanes) is 16. The van der Waals surface area contributed by atoms with Crippen LogP contribution in [0.1, 0.15) is 129 Å². The predicted octanol–water partition coefficient (Wildman–Crippen LogP) is 7.68. The van der Waals surface area contributed by atoms with Gasteiger partial charge in [0.1, 0.15) is 6.54 Å². The van der Waals surface area contributed by atoms with E-state index in [1.54, 1.807) is 14.1 Å². The molecule has 4 heteroatoms. The first-order chi connectivity index (χ1) is 15.2. The van der Waals surface area contributed by atoms with Gasteiger partial charge in [0.2, 0.25) is 0 Å². The third-order valence-corrected chi connectivity index (χ3v) is 6.37. The van der Waals surface area contributed by atoms with Gasteiger partial charge in [-0.3, -0.25) is 0 Å². The van der Waals surface area contributed by atoms with Crippen LogP contribution in [0.5, 0.6) is 0 Å². The maximum Gasteiger partial charge on any atom is 0.102 e. The van der Waals surface area contributed by atoms with Gasteiger partial charge in [0.25, 0.3) is 0 Å². The molecule has 0 radical (unpaired) electrons. The van der Waals surface area contributed by atoms with E-state index in [4.69, 9.17) is 5.11 Å². The number of nitrogens with zero attached hydrogens (tertiary/aromatic N) is 2. The van der Waals surface area contributed by atoms with Gasteiger partial charge in [0, 0.05) is 0 Å². The molecule has 0 aromatic heterocycles. The number of hydrogen-bond acceptors (Lipinski definition) is 2. The van der Waals surface area contributed by atoms with Crippen molar-refractivity contribution in [3.05, 3.63) is 5.21 Å². The van der Waals surface area contributed by atoms with Gasteiger partial charge in [-0.2, -0.15) is 0 Å². The Hall–Kier alpha value is -0.160. The first-order valence-electron chi connectivity index (χ1n) is 14.2. The minimum Gasteiger partial charge on any atom is -0.633 e. The second-order valence-corrected chi connectivity index (χ2v) is 11.1. The summed E-state index contributed by atoms with van der Waals surface area (Å²) in [7, 11) is 7.86. The quantitative estimate of drug-likeness (QED) is 0.102. The summed E-state index contributed by atoms with van der Waals surface area (Å²) in [6.07, 6.45) is 24.5. The Balaban J connectivity index is 0. The van der Waals surface area contributed by atoms with E-state index in [9.17, 15) is 5.21 Å². The molecule has 0 heterocycles. The van der Waals surface area contributed by atoms with Gasteiger partial charge in [0.15, 0.2) is 0 Å². The Labute approximate surface area is 203 Å². The fourth-order valence-corrected chi connectivity index (χ4v) is 4.04. The molecule has 0 fully saturated rings. The number of likely N-dealkylation sites (N-methyl/N-ethyl adjacent to an activating group) is 1. The lowest BCUT2D eigenvalue weighted by molar-refractivity contribution is -0.890. The molecule has 0 bridgehead atoms. The Bertz CT molecular complexity index is 354. The SMILES string of the molecule is CCCCCCCCCCCCCC[N+](C)(C)CCO.CCCCCCCC[N+](C)(C)[O-]. The first-order valence-corrected chi connectivity index (χ1v) is 14.2. The van der Waals surface area contributed by atoms with E-state index in [0.29, 0.717) is 6.61 Å².